The minimum atomic E-state index is -0.689. The molecule has 1 aromatic carbocycles. The van der Waals surface area contributed by atoms with Gasteiger partial charge in [0, 0.05) is 26.2 Å². The lowest BCUT2D eigenvalue weighted by atomic mass is 10.0. The Balaban J connectivity index is 1.59. The number of likely N-dealkylation sites (tertiary alicyclic amines) is 1. The van der Waals surface area contributed by atoms with Crippen LogP contribution in [0.4, 0.5) is 5.69 Å². The summed E-state index contributed by atoms with van der Waals surface area (Å²) in [5, 5.41) is 0.397. The molecule has 0 aliphatic carbocycles. The number of benzene rings is 1. The third-order valence-electron chi connectivity index (χ3n) is 5.31. The van der Waals surface area contributed by atoms with Gasteiger partial charge in [-0.2, -0.15) is 0 Å². The van der Waals surface area contributed by atoms with Gasteiger partial charge in [-0.3, -0.25) is 4.79 Å². The molecule has 7 heteroatoms. The number of carbonyl (C=O) groups is 1. The molecule has 2 heterocycles. The van der Waals surface area contributed by atoms with E-state index in [1.54, 1.807) is 12.1 Å². The van der Waals surface area contributed by atoms with E-state index >= 15 is 0 Å². The lowest BCUT2D eigenvalue weighted by Gasteiger charge is -2.38. The number of ether oxygens (including phenoxy) is 2. The maximum atomic E-state index is 12.9. The third kappa shape index (κ3) is 4.01. The molecule has 6 nitrogen and oxygen atoms in total. The molecule has 0 aromatic heterocycles. The first-order chi connectivity index (χ1) is 12.5. The van der Waals surface area contributed by atoms with Gasteiger partial charge in [0.25, 0.3) is 5.91 Å². The monoisotopic (exact) mass is 381 g/mol. The van der Waals surface area contributed by atoms with Gasteiger partial charge >= 0.3 is 0 Å². The van der Waals surface area contributed by atoms with E-state index in [-0.39, 0.29) is 18.6 Å². The summed E-state index contributed by atoms with van der Waals surface area (Å²) in [5.74, 6) is 0.828. The highest BCUT2D eigenvalue weighted by Crippen LogP contribution is 2.41. The molecule has 0 radical (unpaired) electrons. The van der Waals surface area contributed by atoms with E-state index in [1.165, 1.54) is 12.8 Å². The number of nitrogens with zero attached hydrogens (tertiary/aromatic N) is 2. The molecule has 1 unspecified atom stereocenters. The molecule has 0 bridgehead atoms. The highest BCUT2D eigenvalue weighted by atomic mass is 35.5. The van der Waals surface area contributed by atoms with Gasteiger partial charge in [-0.25, -0.2) is 0 Å². The SMILES string of the molecule is CCCCN1CCC(N(C)C(=O)C2COc3ccc(Cl)c(N)c3O2)CC1. The Labute approximate surface area is 160 Å². The van der Waals surface area contributed by atoms with Crippen LogP contribution in [0.15, 0.2) is 12.1 Å². The maximum absolute atomic E-state index is 12.9. The van der Waals surface area contributed by atoms with E-state index in [9.17, 15) is 4.79 Å². The van der Waals surface area contributed by atoms with Crippen molar-refractivity contribution in [2.45, 2.75) is 44.8 Å². The standard InChI is InChI=1S/C19H28ClN3O3/c1-3-4-9-23-10-7-13(8-11-23)22(2)19(24)16-12-25-15-6-5-14(20)17(21)18(15)26-16/h5-6,13,16H,3-4,7-12,21H2,1-2H3. The van der Waals surface area contributed by atoms with Crippen LogP contribution in [0, 0.1) is 0 Å². The number of hydrogen-bond donors (Lipinski definition) is 1. The quantitative estimate of drug-likeness (QED) is 0.794. The molecule has 1 amide bonds. The molecule has 2 N–H and O–H groups in total. The largest absolute Gasteiger partial charge is 0.485 e. The number of carbonyl (C=O) groups excluding carboxylic acids is 1. The summed E-state index contributed by atoms with van der Waals surface area (Å²) < 4.78 is 11.5. The number of rotatable bonds is 5. The number of amides is 1. The number of piperidine rings is 1. The number of likely N-dealkylation sites (N-methyl/N-ethyl adjacent to an activating group) is 1. The summed E-state index contributed by atoms with van der Waals surface area (Å²) in [5.41, 5.74) is 6.29. The van der Waals surface area contributed by atoms with Gasteiger partial charge in [-0.05, 0) is 37.9 Å². The predicted molar refractivity (Wildman–Crippen MR) is 103 cm³/mol. The number of nitrogen functional groups attached to an aromatic ring is 1. The molecule has 3 rings (SSSR count). The highest BCUT2D eigenvalue weighted by Gasteiger charge is 2.34. The fourth-order valence-corrected chi connectivity index (χ4v) is 3.72. The summed E-state index contributed by atoms with van der Waals surface area (Å²) >= 11 is 6.05. The Morgan fingerprint density at radius 1 is 1.38 bits per heavy atom. The Morgan fingerprint density at radius 2 is 2.12 bits per heavy atom. The van der Waals surface area contributed by atoms with Crippen molar-refractivity contribution < 1.29 is 14.3 Å². The fraction of sp³-hybridized carbons (Fsp3) is 0.632. The van der Waals surface area contributed by atoms with Gasteiger partial charge in [0.1, 0.15) is 6.61 Å². The van der Waals surface area contributed by atoms with Crippen molar-refractivity contribution in [3.8, 4) is 11.5 Å². The van der Waals surface area contributed by atoms with Crippen molar-refractivity contribution in [3.05, 3.63) is 17.2 Å². The van der Waals surface area contributed by atoms with Crippen LogP contribution in [0.3, 0.4) is 0 Å². The van der Waals surface area contributed by atoms with E-state index in [4.69, 9.17) is 26.8 Å². The number of anilines is 1. The second-order valence-corrected chi connectivity index (χ2v) is 7.49. The van der Waals surface area contributed by atoms with Crippen molar-refractivity contribution in [1.29, 1.82) is 0 Å². The lowest BCUT2D eigenvalue weighted by Crippen LogP contribution is -2.51. The van der Waals surface area contributed by atoms with Gasteiger partial charge in [-0.15, -0.1) is 0 Å². The molecule has 0 spiro atoms. The Hall–Kier alpha value is -1.66. The molecule has 26 heavy (non-hydrogen) atoms. The zero-order chi connectivity index (χ0) is 18.7. The van der Waals surface area contributed by atoms with Crippen LogP contribution < -0.4 is 15.2 Å². The maximum Gasteiger partial charge on any atom is 0.267 e. The Morgan fingerprint density at radius 3 is 2.81 bits per heavy atom. The number of nitrogens with two attached hydrogens (primary N) is 1. The van der Waals surface area contributed by atoms with Crippen molar-refractivity contribution >= 4 is 23.2 Å². The van der Waals surface area contributed by atoms with Gasteiger partial charge in [0.2, 0.25) is 6.10 Å². The molecule has 144 valence electrons. The Bertz CT molecular complexity index is 647. The van der Waals surface area contributed by atoms with Gasteiger partial charge < -0.3 is 25.0 Å². The first-order valence-electron chi connectivity index (χ1n) is 9.37. The highest BCUT2D eigenvalue weighted by molar-refractivity contribution is 6.33. The second kappa shape index (κ2) is 8.35. The van der Waals surface area contributed by atoms with Crippen LogP contribution in [-0.2, 0) is 4.79 Å². The predicted octanol–water partition coefficient (Wildman–Crippen LogP) is 2.78. The van der Waals surface area contributed by atoms with Gasteiger partial charge in [-0.1, -0.05) is 24.9 Å². The summed E-state index contributed by atoms with van der Waals surface area (Å²) in [7, 11) is 1.86. The first kappa shape index (κ1) is 19.1. The number of hydrogen-bond acceptors (Lipinski definition) is 5. The summed E-state index contributed by atoms with van der Waals surface area (Å²) in [6.07, 6.45) is 3.74. The Kier molecular flexibility index (Phi) is 6.14. The average Bonchev–Trinajstić information content (AvgIpc) is 2.68. The van der Waals surface area contributed by atoms with Gasteiger partial charge in [0.15, 0.2) is 11.5 Å². The molecule has 2 aliphatic heterocycles. The summed E-state index contributed by atoms with van der Waals surface area (Å²) in [4.78, 5) is 17.2. The molecule has 0 saturated carbocycles. The smallest absolute Gasteiger partial charge is 0.267 e. The van der Waals surface area contributed by atoms with E-state index in [0.717, 1.165) is 32.5 Å². The molecule has 1 saturated heterocycles. The summed E-state index contributed by atoms with van der Waals surface area (Å²) in [6, 6.07) is 3.62. The first-order valence-corrected chi connectivity index (χ1v) is 9.75. The molecule has 2 aliphatic rings. The molecular weight excluding hydrogens is 354 g/mol. The van der Waals surface area contributed by atoms with Crippen LogP contribution in [0.1, 0.15) is 32.6 Å². The van der Waals surface area contributed by atoms with Crippen LogP contribution >= 0.6 is 11.6 Å². The van der Waals surface area contributed by atoms with E-state index in [0.29, 0.717) is 22.2 Å². The number of halogens is 1. The fourth-order valence-electron chi connectivity index (χ4n) is 3.57. The minimum absolute atomic E-state index is 0.0676. The molecular formula is C19H28ClN3O3. The zero-order valence-electron chi connectivity index (χ0n) is 15.5. The van der Waals surface area contributed by atoms with Crippen molar-refractivity contribution in [1.82, 2.24) is 9.80 Å². The van der Waals surface area contributed by atoms with Crippen molar-refractivity contribution in [2.75, 3.05) is 39.0 Å². The average molecular weight is 382 g/mol. The van der Waals surface area contributed by atoms with E-state index in [1.807, 2.05) is 11.9 Å². The molecule has 1 atom stereocenters. The van der Waals surface area contributed by atoms with Crippen molar-refractivity contribution in [2.24, 2.45) is 0 Å². The molecule has 1 aromatic rings. The van der Waals surface area contributed by atoms with Gasteiger partial charge in [0.05, 0.1) is 10.7 Å². The molecule has 1 fully saturated rings. The number of unbranched alkanes of at least 4 members (excludes halogenated alkanes) is 1. The van der Waals surface area contributed by atoms with Crippen LogP contribution in [0.2, 0.25) is 5.02 Å². The van der Waals surface area contributed by atoms with Crippen LogP contribution in [0.25, 0.3) is 0 Å². The van der Waals surface area contributed by atoms with Crippen molar-refractivity contribution in [3.63, 3.8) is 0 Å². The zero-order valence-corrected chi connectivity index (χ0v) is 16.3. The van der Waals surface area contributed by atoms with E-state index < -0.39 is 6.10 Å². The second-order valence-electron chi connectivity index (χ2n) is 7.08. The topological polar surface area (TPSA) is 68.0 Å². The third-order valence-corrected chi connectivity index (χ3v) is 5.64. The normalized spacial score (nSPS) is 20.8. The number of fused-ring (bicyclic) bond motifs is 1. The minimum Gasteiger partial charge on any atom is -0.485 e. The summed E-state index contributed by atoms with van der Waals surface area (Å²) in [6.45, 7) is 5.62. The van der Waals surface area contributed by atoms with Crippen LogP contribution in [-0.4, -0.2) is 61.1 Å². The lowest BCUT2D eigenvalue weighted by molar-refractivity contribution is -0.142. The van der Waals surface area contributed by atoms with Crippen LogP contribution in [0.5, 0.6) is 11.5 Å². The van der Waals surface area contributed by atoms with E-state index in [2.05, 4.69) is 11.8 Å².